The van der Waals surface area contributed by atoms with Crippen LogP contribution in [0.15, 0.2) is 48.5 Å². The van der Waals surface area contributed by atoms with E-state index in [9.17, 15) is 9.59 Å². The first kappa shape index (κ1) is 15.6. The summed E-state index contributed by atoms with van der Waals surface area (Å²) in [7, 11) is 1.56. The van der Waals surface area contributed by atoms with Crippen LogP contribution in [0, 0.1) is 0 Å². The van der Waals surface area contributed by atoms with E-state index in [0.717, 1.165) is 6.29 Å². The summed E-state index contributed by atoms with van der Waals surface area (Å²) in [5.74, 6) is 0.840. The topological polar surface area (TPSA) is 64.6 Å². The first-order valence-electron chi connectivity index (χ1n) is 6.79. The minimum Gasteiger partial charge on any atom is -0.497 e. The fourth-order valence-electron chi connectivity index (χ4n) is 1.86. The normalized spacial score (nSPS) is 11.4. The number of carbonyl (C=O) groups is 2. The number of benzene rings is 2. The molecule has 0 saturated heterocycles. The van der Waals surface area contributed by atoms with E-state index in [1.165, 1.54) is 0 Å². The molecule has 0 aliphatic carbocycles. The van der Waals surface area contributed by atoms with Crippen LogP contribution in [0.5, 0.6) is 11.5 Å². The van der Waals surface area contributed by atoms with E-state index in [0.29, 0.717) is 22.7 Å². The van der Waals surface area contributed by atoms with Crippen LogP contribution in [-0.2, 0) is 4.79 Å². The highest BCUT2D eigenvalue weighted by atomic mass is 16.5. The Morgan fingerprint density at radius 2 is 1.86 bits per heavy atom. The minimum absolute atomic E-state index is 0.287. The van der Waals surface area contributed by atoms with E-state index in [1.807, 2.05) is 0 Å². The first-order valence-corrected chi connectivity index (χ1v) is 6.79. The molecule has 2 aromatic rings. The van der Waals surface area contributed by atoms with Crippen molar-refractivity contribution < 1.29 is 19.1 Å². The third kappa shape index (κ3) is 4.09. The van der Waals surface area contributed by atoms with Gasteiger partial charge >= 0.3 is 0 Å². The molecule has 0 aliphatic rings. The number of aldehydes is 1. The summed E-state index contributed by atoms with van der Waals surface area (Å²) in [4.78, 5) is 22.9. The highest BCUT2D eigenvalue weighted by Crippen LogP contribution is 2.18. The van der Waals surface area contributed by atoms with E-state index in [2.05, 4.69) is 5.32 Å². The second-order valence-electron chi connectivity index (χ2n) is 4.67. The van der Waals surface area contributed by atoms with Gasteiger partial charge in [0, 0.05) is 17.3 Å². The molecule has 2 aromatic carbocycles. The van der Waals surface area contributed by atoms with Crippen molar-refractivity contribution in [1.82, 2.24) is 0 Å². The van der Waals surface area contributed by atoms with Gasteiger partial charge in [-0.1, -0.05) is 18.2 Å². The molecule has 1 atom stereocenters. The maximum Gasteiger partial charge on any atom is 0.265 e. The Bertz CT molecular complexity index is 669. The van der Waals surface area contributed by atoms with Gasteiger partial charge in [-0.3, -0.25) is 9.59 Å². The van der Waals surface area contributed by atoms with Crippen LogP contribution in [0.25, 0.3) is 0 Å². The highest BCUT2D eigenvalue weighted by molar-refractivity contribution is 5.94. The molecule has 114 valence electrons. The summed E-state index contributed by atoms with van der Waals surface area (Å²) in [5, 5.41) is 2.75. The number of ether oxygens (including phenoxy) is 2. The van der Waals surface area contributed by atoms with Gasteiger partial charge < -0.3 is 14.8 Å². The van der Waals surface area contributed by atoms with Gasteiger partial charge in [0.2, 0.25) is 0 Å². The van der Waals surface area contributed by atoms with E-state index in [-0.39, 0.29) is 5.91 Å². The quantitative estimate of drug-likeness (QED) is 0.833. The molecule has 0 aromatic heterocycles. The third-order valence-corrected chi connectivity index (χ3v) is 3.01. The molecule has 2 rings (SSSR count). The Morgan fingerprint density at radius 1 is 1.14 bits per heavy atom. The van der Waals surface area contributed by atoms with Gasteiger partial charge in [-0.2, -0.15) is 0 Å². The van der Waals surface area contributed by atoms with Crippen molar-refractivity contribution in [2.24, 2.45) is 0 Å². The Hall–Kier alpha value is -2.82. The molecule has 0 heterocycles. The minimum atomic E-state index is -0.701. The fourth-order valence-corrected chi connectivity index (χ4v) is 1.86. The summed E-state index contributed by atoms with van der Waals surface area (Å²) in [6.07, 6.45) is 0.0292. The van der Waals surface area contributed by atoms with Crippen molar-refractivity contribution in [1.29, 1.82) is 0 Å². The summed E-state index contributed by atoms with van der Waals surface area (Å²) in [6, 6.07) is 13.7. The number of carbonyl (C=O) groups excluding carboxylic acids is 2. The number of nitrogens with one attached hydrogen (secondary N) is 1. The summed E-state index contributed by atoms with van der Waals surface area (Å²) >= 11 is 0. The zero-order valence-electron chi connectivity index (χ0n) is 12.4. The summed E-state index contributed by atoms with van der Waals surface area (Å²) < 4.78 is 10.6. The number of hydrogen-bond donors (Lipinski definition) is 1. The lowest BCUT2D eigenvalue weighted by Crippen LogP contribution is -2.30. The summed E-state index contributed by atoms with van der Waals surface area (Å²) in [5.41, 5.74) is 1.12. The van der Waals surface area contributed by atoms with Crippen molar-refractivity contribution in [3.63, 3.8) is 0 Å². The monoisotopic (exact) mass is 299 g/mol. The third-order valence-electron chi connectivity index (χ3n) is 3.01. The van der Waals surface area contributed by atoms with Crippen molar-refractivity contribution in [2.45, 2.75) is 13.0 Å². The molecule has 0 saturated carbocycles. The van der Waals surface area contributed by atoms with Gasteiger partial charge in [0.25, 0.3) is 5.91 Å². The lowest BCUT2D eigenvalue weighted by molar-refractivity contribution is -0.122. The average Bonchev–Trinajstić information content (AvgIpc) is 2.55. The molecule has 0 spiro atoms. The largest absolute Gasteiger partial charge is 0.497 e. The highest BCUT2D eigenvalue weighted by Gasteiger charge is 2.15. The van der Waals surface area contributed by atoms with Crippen LogP contribution in [-0.4, -0.2) is 25.4 Å². The number of amides is 1. The van der Waals surface area contributed by atoms with Gasteiger partial charge in [0.05, 0.1) is 7.11 Å². The Morgan fingerprint density at radius 3 is 2.59 bits per heavy atom. The number of anilines is 1. The summed E-state index contributed by atoms with van der Waals surface area (Å²) in [6.45, 7) is 1.64. The van der Waals surface area contributed by atoms with Crippen LogP contribution >= 0.6 is 0 Å². The molecule has 5 nitrogen and oxygen atoms in total. The van der Waals surface area contributed by atoms with Crippen molar-refractivity contribution in [2.75, 3.05) is 12.4 Å². The van der Waals surface area contributed by atoms with Gasteiger partial charge in [0.1, 0.15) is 17.8 Å². The molecular weight excluding hydrogens is 282 g/mol. The number of methoxy groups -OCH3 is 1. The predicted molar refractivity (Wildman–Crippen MR) is 83.5 cm³/mol. The van der Waals surface area contributed by atoms with Crippen molar-refractivity contribution >= 4 is 17.9 Å². The van der Waals surface area contributed by atoms with Crippen LogP contribution in [0.1, 0.15) is 17.3 Å². The fraction of sp³-hybridized carbons (Fsp3) is 0.176. The maximum absolute atomic E-state index is 12.1. The average molecular weight is 299 g/mol. The van der Waals surface area contributed by atoms with Crippen molar-refractivity contribution in [3.05, 3.63) is 54.1 Å². The van der Waals surface area contributed by atoms with Crippen LogP contribution in [0.3, 0.4) is 0 Å². The lowest BCUT2D eigenvalue weighted by atomic mass is 10.2. The molecule has 1 N–H and O–H groups in total. The van der Waals surface area contributed by atoms with Gasteiger partial charge in [-0.15, -0.1) is 0 Å². The first-order chi connectivity index (χ1) is 10.6. The Balaban J connectivity index is 2.00. The van der Waals surface area contributed by atoms with Crippen LogP contribution in [0.2, 0.25) is 0 Å². The van der Waals surface area contributed by atoms with E-state index < -0.39 is 6.10 Å². The van der Waals surface area contributed by atoms with Crippen LogP contribution < -0.4 is 14.8 Å². The Labute approximate surface area is 128 Å². The SMILES string of the molecule is COc1cccc(NC(=O)C(C)Oc2cccc(C=O)c2)c1. The molecule has 0 fully saturated rings. The molecule has 1 unspecified atom stereocenters. The zero-order chi connectivity index (χ0) is 15.9. The second kappa shape index (κ2) is 7.26. The molecule has 0 bridgehead atoms. The number of hydrogen-bond acceptors (Lipinski definition) is 4. The Kier molecular flexibility index (Phi) is 5.14. The zero-order valence-corrected chi connectivity index (χ0v) is 12.4. The van der Waals surface area contributed by atoms with E-state index in [1.54, 1.807) is 62.6 Å². The van der Waals surface area contributed by atoms with Gasteiger partial charge in [-0.05, 0) is 31.2 Å². The second-order valence-corrected chi connectivity index (χ2v) is 4.67. The predicted octanol–water partition coefficient (Wildman–Crippen LogP) is 2.91. The van der Waals surface area contributed by atoms with Crippen molar-refractivity contribution in [3.8, 4) is 11.5 Å². The molecule has 0 radical (unpaired) electrons. The lowest BCUT2D eigenvalue weighted by Gasteiger charge is -2.15. The number of rotatable bonds is 6. The smallest absolute Gasteiger partial charge is 0.265 e. The molecule has 0 aliphatic heterocycles. The van der Waals surface area contributed by atoms with Gasteiger partial charge in [0.15, 0.2) is 6.10 Å². The molecule has 22 heavy (non-hydrogen) atoms. The van der Waals surface area contributed by atoms with E-state index >= 15 is 0 Å². The molecular formula is C17H17NO4. The van der Waals surface area contributed by atoms with E-state index in [4.69, 9.17) is 9.47 Å². The standard InChI is InChI=1S/C17H17NO4/c1-12(22-16-8-3-5-13(9-16)11-19)17(20)18-14-6-4-7-15(10-14)21-2/h3-12H,1-2H3,(H,18,20). The van der Waals surface area contributed by atoms with Crippen LogP contribution in [0.4, 0.5) is 5.69 Å². The van der Waals surface area contributed by atoms with Gasteiger partial charge in [-0.25, -0.2) is 0 Å². The maximum atomic E-state index is 12.1. The molecule has 1 amide bonds. The molecule has 5 heteroatoms.